The number of hydrogen-bond donors (Lipinski definition) is 8. The van der Waals surface area contributed by atoms with Gasteiger partial charge in [-0.25, -0.2) is 19.2 Å². The minimum absolute atomic E-state index is 0.212. The van der Waals surface area contributed by atoms with E-state index in [1.54, 1.807) is 125 Å². The molecule has 0 bridgehead atoms. The van der Waals surface area contributed by atoms with Gasteiger partial charge in [-0.1, -0.05) is 26.3 Å². The molecule has 105 heavy (non-hydrogen) atoms. The lowest BCUT2D eigenvalue weighted by atomic mass is 9.62. The lowest BCUT2D eigenvalue weighted by molar-refractivity contribution is -0.147. The molecule has 0 aromatic heterocycles. The van der Waals surface area contributed by atoms with Crippen molar-refractivity contribution < 1.29 is 76.3 Å². The predicted molar refractivity (Wildman–Crippen MR) is 412 cm³/mol. The number of nitrogens with one attached hydrogen (secondary N) is 8. The third-order valence-corrected chi connectivity index (χ3v) is 16.7. The van der Waals surface area contributed by atoms with Crippen LogP contribution in [0.3, 0.4) is 0 Å². The van der Waals surface area contributed by atoms with E-state index in [1.807, 2.05) is 111 Å². The molecule has 8 amide bonds. The Kier molecular flexibility index (Phi) is 31.5. The van der Waals surface area contributed by atoms with Gasteiger partial charge in [0.15, 0.2) is 0 Å². The Bertz CT molecular complexity index is 3220. The van der Waals surface area contributed by atoms with E-state index in [4.69, 9.17) is 37.9 Å². The van der Waals surface area contributed by atoms with Crippen LogP contribution in [-0.4, -0.2) is 119 Å². The van der Waals surface area contributed by atoms with E-state index in [2.05, 4.69) is 68.9 Å². The van der Waals surface area contributed by atoms with Crippen LogP contribution in [-0.2, 0) is 38.1 Å². The maximum atomic E-state index is 13.4. The summed E-state index contributed by atoms with van der Waals surface area (Å²) < 4.78 is 50.5. The van der Waals surface area contributed by atoms with E-state index < -0.39 is 74.3 Å². The molecule has 4 rings (SSSR count). The van der Waals surface area contributed by atoms with E-state index in [1.165, 1.54) is 0 Å². The first kappa shape index (κ1) is 88.0. The molecule has 0 aliphatic rings. The summed E-state index contributed by atoms with van der Waals surface area (Å²) in [5, 5.41) is 22.8. The zero-order valence-electron chi connectivity index (χ0n) is 65.6. The molecular formula is C81H116N8O16. The summed E-state index contributed by atoms with van der Waals surface area (Å²) in [4.78, 5) is 102. The quantitative estimate of drug-likeness (QED) is 0.0192. The van der Waals surface area contributed by atoms with Crippen molar-refractivity contribution in [1.29, 1.82) is 0 Å². The second-order valence-corrected chi connectivity index (χ2v) is 32.3. The molecule has 0 spiro atoms. The fourth-order valence-corrected chi connectivity index (χ4v) is 11.8. The normalized spacial score (nSPS) is 12.3. The molecule has 576 valence electrons. The Hall–Kier alpha value is -9.36. The van der Waals surface area contributed by atoms with Gasteiger partial charge < -0.3 is 80.4 Å². The summed E-state index contributed by atoms with van der Waals surface area (Å²) in [7, 11) is 0. The molecule has 0 saturated heterocycles. The summed E-state index contributed by atoms with van der Waals surface area (Å²) in [5.41, 5.74) is -4.09. The smallest absolute Gasteiger partial charge is 0.410 e. The molecule has 0 radical (unpaired) electrons. The number of rotatable bonds is 40. The van der Waals surface area contributed by atoms with Crippen LogP contribution in [0, 0.1) is 5.41 Å². The Balaban J connectivity index is 1.65. The van der Waals surface area contributed by atoms with Crippen LogP contribution in [0.2, 0.25) is 0 Å². The highest BCUT2D eigenvalue weighted by Gasteiger charge is 2.49. The molecule has 8 N–H and O–H groups in total. The minimum atomic E-state index is -0.873. The van der Waals surface area contributed by atoms with Crippen LogP contribution < -0.4 is 61.5 Å². The van der Waals surface area contributed by atoms with Crippen LogP contribution >= 0.6 is 0 Å². The Morgan fingerprint density at radius 2 is 0.448 bits per heavy atom. The molecule has 0 unspecified atom stereocenters. The van der Waals surface area contributed by atoms with Crippen molar-refractivity contribution in [2.75, 3.05) is 47.7 Å². The summed E-state index contributed by atoms with van der Waals surface area (Å²) in [6, 6.07) is 25.6. The molecule has 0 aliphatic carbocycles. The van der Waals surface area contributed by atoms with Gasteiger partial charge in [-0.05, 0) is 292 Å². The molecular weight excluding hydrogens is 1340 g/mol. The zero-order chi connectivity index (χ0) is 79.2. The van der Waals surface area contributed by atoms with Gasteiger partial charge in [-0.3, -0.25) is 19.2 Å². The standard InChI is InChI=1S/C81H116N8O16/c1-53(2)65(90)82-57-25-33-61(34-26-57)102-69(94)86-73(9,10)41-45-98-77(17,18)49-81(50-78(19,20)99-46-42-74(11,12)87-70(95)103-62-35-27-58(28-36-62)83-66(91)54(3)4,51-79(21,22)100-47-43-75(13,14)88-71(96)104-63-37-29-59(30-38-63)84-67(92)55(5)6)52-80(23,24)101-48-44-76(15,16)89-72(97)105-64-39-31-60(32-40-64)85-68(93)56(7)8/h25-40H,1,3,5,7,41-52H2,2,4,6,8-24H3,(H,82,90)(H,83,91)(H,84,92)(H,85,93)(H,86,94)(H,87,95)(H,88,96)(H,89,97). The van der Waals surface area contributed by atoms with Crippen LogP contribution in [0.15, 0.2) is 146 Å². The molecule has 4 aromatic carbocycles. The number of hydrogen-bond acceptors (Lipinski definition) is 16. The van der Waals surface area contributed by atoms with Gasteiger partial charge in [-0.15, -0.1) is 0 Å². The molecule has 24 heteroatoms. The van der Waals surface area contributed by atoms with Crippen molar-refractivity contribution in [2.24, 2.45) is 5.41 Å². The summed E-state index contributed by atoms with van der Waals surface area (Å²) in [6.07, 6.45) is 0.461. The van der Waals surface area contributed by atoms with Gasteiger partial charge in [0.2, 0.25) is 0 Å². The predicted octanol–water partition coefficient (Wildman–Crippen LogP) is 16.6. The maximum absolute atomic E-state index is 13.4. The minimum Gasteiger partial charge on any atom is -0.410 e. The van der Waals surface area contributed by atoms with E-state index in [-0.39, 0.29) is 73.1 Å². The van der Waals surface area contributed by atoms with Gasteiger partial charge in [-0.2, -0.15) is 0 Å². The molecule has 24 nitrogen and oxygen atoms in total. The maximum Gasteiger partial charge on any atom is 0.413 e. The van der Waals surface area contributed by atoms with E-state index in [0.717, 1.165) is 0 Å². The molecule has 0 saturated carbocycles. The van der Waals surface area contributed by atoms with Crippen LogP contribution in [0.25, 0.3) is 0 Å². The van der Waals surface area contributed by atoms with Gasteiger partial charge >= 0.3 is 24.4 Å². The fraction of sp³-hybridized carbons (Fsp3) is 0.506. The van der Waals surface area contributed by atoms with Crippen LogP contribution in [0.5, 0.6) is 23.0 Å². The molecule has 4 aromatic rings. The molecule has 0 aliphatic heterocycles. The van der Waals surface area contributed by atoms with Gasteiger partial charge in [0, 0.05) is 93.6 Å². The second kappa shape index (κ2) is 37.6. The van der Waals surface area contributed by atoms with Crippen molar-refractivity contribution in [1.82, 2.24) is 21.3 Å². The number of carbonyl (C=O) groups is 8. The summed E-state index contributed by atoms with van der Waals surface area (Å²) in [6.45, 7) is 53.2. The lowest BCUT2D eigenvalue weighted by Gasteiger charge is -2.50. The number of ether oxygens (including phenoxy) is 8. The number of anilines is 4. The van der Waals surface area contributed by atoms with Crippen molar-refractivity contribution >= 4 is 70.8 Å². The third kappa shape index (κ3) is 34.0. The number of amides is 8. The van der Waals surface area contributed by atoms with E-state index >= 15 is 0 Å². The first-order valence-corrected chi connectivity index (χ1v) is 35.2. The number of benzene rings is 4. The Labute approximate surface area is 621 Å². The summed E-state index contributed by atoms with van der Waals surface area (Å²) in [5.74, 6) is -0.253. The average Bonchev–Trinajstić information content (AvgIpc) is 0.776. The van der Waals surface area contributed by atoms with Crippen molar-refractivity contribution in [3.63, 3.8) is 0 Å². The van der Waals surface area contributed by atoms with Crippen molar-refractivity contribution in [3.8, 4) is 23.0 Å². The van der Waals surface area contributed by atoms with Crippen LogP contribution in [0.4, 0.5) is 41.9 Å². The highest BCUT2D eigenvalue weighted by molar-refractivity contribution is 6.04. The Morgan fingerprint density at radius 3 is 0.600 bits per heavy atom. The fourth-order valence-electron chi connectivity index (χ4n) is 11.8. The van der Waals surface area contributed by atoms with Crippen molar-refractivity contribution in [2.45, 2.75) is 234 Å². The van der Waals surface area contributed by atoms with Gasteiger partial charge in [0.1, 0.15) is 23.0 Å². The zero-order valence-corrected chi connectivity index (χ0v) is 65.6. The highest BCUT2D eigenvalue weighted by Crippen LogP contribution is 2.51. The molecule has 0 heterocycles. The topological polar surface area (TPSA) is 307 Å². The lowest BCUT2D eigenvalue weighted by Crippen LogP contribution is -2.50. The SMILES string of the molecule is C=C(C)C(=O)Nc1ccc(OC(=O)NC(C)(C)CCOC(C)(C)CC(CC(C)(C)OCCC(C)(C)NC(=O)Oc2ccc(NC(=O)C(=C)C)cc2)(CC(C)(C)OCCC(C)(C)NC(=O)Oc2ccc(NC(=O)C(=C)C)cc2)CC(C)(C)OCCC(C)(C)NC(=O)Oc2ccc(NC(=O)C(=C)C)cc2)cc1. The van der Waals surface area contributed by atoms with E-state index in [9.17, 15) is 38.4 Å². The third-order valence-electron chi connectivity index (χ3n) is 16.7. The monoisotopic (exact) mass is 1460 g/mol. The van der Waals surface area contributed by atoms with Crippen molar-refractivity contribution in [3.05, 3.63) is 146 Å². The first-order chi connectivity index (χ1) is 48.3. The van der Waals surface area contributed by atoms with E-state index in [0.29, 0.717) is 96.4 Å². The summed E-state index contributed by atoms with van der Waals surface area (Å²) >= 11 is 0. The largest absolute Gasteiger partial charge is 0.413 e. The average molecular weight is 1460 g/mol. The Morgan fingerprint density at radius 1 is 0.286 bits per heavy atom. The molecule has 0 atom stereocenters. The van der Waals surface area contributed by atoms with Gasteiger partial charge in [0.25, 0.3) is 23.6 Å². The number of carbonyl (C=O) groups excluding carboxylic acids is 8. The highest BCUT2D eigenvalue weighted by atomic mass is 16.6. The van der Waals surface area contributed by atoms with Crippen LogP contribution in [0.1, 0.15) is 190 Å². The van der Waals surface area contributed by atoms with Gasteiger partial charge in [0.05, 0.1) is 22.4 Å². The first-order valence-electron chi connectivity index (χ1n) is 35.2. The second-order valence-electron chi connectivity index (χ2n) is 32.3. The molecule has 0 fully saturated rings.